The van der Waals surface area contributed by atoms with Crippen LogP contribution in [0.15, 0.2) is 78.5 Å². The molecule has 0 atom stereocenters. The van der Waals surface area contributed by atoms with Crippen molar-refractivity contribution in [1.29, 1.82) is 0 Å². The Hall–Kier alpha value is -4.06. The van der Waals surface area contributed by atoms with Crippen LogP contribution in [-0.4, -0.2) is 43.5 Å². The monoisotopic (exact) mass is 454 g/mol. The van der Waals surface area contributed by atoms with Gasteiger partial charge in [-0.25, -0.2) is 0 Å². The van der Waals surface area contributed by atoms with Crippen LogP contribution in [0.1, 0.15) is 16.7 Å². The number of imide groups is 1. The summed E-state index contributed by atoms with van der Waals surface area (Å²) in [5.41, 5.74) is 4.91. The highest BCUT2D eigenvalue weighted by atomic mass is 16.5. The number of ether oxygens (including phenoxy) is 2. The van der Waals surface area contributed by atoms with E-state index in [0.29, 0.717) is 23.6 Å². The number of hydrogen-bond donors (Lipinski definition) is 0. The van der Waals surface area contributed by atoms with Gasteiger partial charge in [-0.2, -0.15) is 0 Å². The number of carbonyl (C=O) groups excluding carboxylic acids is 2. The number of amides is 2. The zero-order chi connectivity index (χ0) is 23.7. The number of anilines is 1. The summed E-state index contributed by atoms with van der Waals surface area (Å²) >= 11 is 0. The van der Waals surface area contributed by atoms with Gasteiger partial charge < -0.3 is 14.4 Å². The van der Waals surface area contributed by atoms with E-state index in [1.807, 2.05) is 66.4 Å². The molecule has 0 spiro atoms. The third-order valence-electron chi connectivity index (χ3n) is 6.28. The zero-order valence-electron chi connectivity index (χ0n) is 19.3. The molecule has 5 rings (SSSR count). The minimum atomic E-state index is -0.286. The van der Waals surface area contributed by atoms with Gasteiger partial charge in [0.05, 0.1) is 19.2 Å². The van der Waals surface area contributed by atoms with Crippen molar-refractivity contribution in [2.45, 2.75) is 13.3 Å². The normalized spacial score (nSPS) is 15.2. The van der Waals surface area contributed by atoms with Crippen LogP contribution in [-0.2, 0) is 16.0 Å². The highest BCUT2D eigenvalue weighted by Crippen LogP contribution is 2.38. The summed E-state index contributed by atoms with van der Waals surface area (Å²) in [6.45, 7) is 3.03. The largest absolute Gasteiger partial charge is 0.497 e. The molecule has 34 heavy (non-hydrogen) atoms. The van der Waals surface area contributed by atoms with E-state index < -0.39 is 0 Å². The fourth-order valence-electron chi connectivity index (χ4n) is 4.49. The molecule has 0 radical (unpaired) electrons. The molecule has 3 aromatic carbocycles. The number of fused-ring (bicyclic) bond motifs is 1. The Kier molecular flexibility index (Phi) is 5.80. The van der Waals surface area contributed by atoms with Crippen LogP contribution in [0.5, 0.6) is 11.5 Å². The SMILES string of the molecule is COc1ccc(OCCN2C(=O)C(c3ccc(C)cc3)=C(N3CCc4ccccc43)C2=O)cc1. The first kappa shape index (κ1) is 21.8. The van der Waals surface area contributed by atoms with E-state index >= 15 is 0 Å². The lowest BCUT2D eigenvalue weighted by molar-refractivity contribution is -0.137. The van der Waals surface area contributed by atoms with Gasteiger partial charge in [0.1, 0.15) is 23.8 Å². The smallest absolute Gasteiger partial charge is 0.278 e. The quantitative estimate of drug-likeness (QED) is 0.500. The van der Waals surface area contributed by atoms with Crippen LogP contribution >= 0.6 is 0 Å². The number of aryl methyl sites for hydroxylation is 1. The van der Waals surface area contributed by atoms with Crippen molar-refractivity contribution in [3.8, 4) is 11.5 Å². The van der Waals surface area contributed by atoms with E-state index in [1.54, 1.807) is 19.2 Å². The van der Waals surface area contributed by atoms with E-state index in [0.717, 1.165) is 29.0 Å². The van der Waals surface area contributed by atoms with Gasteiger partial charge in [0.2, 0.25) is 0 Å². The molecule has 0 bridgehead atoms. The lowest BCUT2D eigenvalue weighted by Gasteiger charge is -2.22. The molecule has 6 nitrogen and oxygen atoms in total. The number of methoxy groups -OCH3 is 1. The standard InChI is InChI=1S/C28H26N2O4/c1-19-7-9-21(10-8-19)25-26(29-16-15-20-5-3-4-6-24(20)29)28(32)30(27(25)31)17-18-34-23-13-11-22(33-2)12-14-23/h3-14H,15-18H2,1-2H3. The maximum Gasteiger partial charge on any atom is 0.278 e. The van der Waals surface area contributed by atoms with Gasteiger partial charge in [-0.3, -0.25) is 14.5 Å². The topological polar surface area (TPSA) is 59.1 Å². The van der Waals surface area contributed by atoms with E-state index in [9.17, 15) is 9.59 Å². The van der Waals surface area contributed by atoms with Crippen LogP contribution in [0.25, 0.3) is 5.57 Å². The number of carbonyl (C=O) groups is 2. The van der Waals surface area contributed by atoms with Crippen molar-refractivity contribution < 1.29 is 19.1 Å². The van der Waals surface area contributed by atoms with E-state index in [2.05, 4.69) is 6.07 Å². The summed E-state index contributed by atoms with van der Waals surface area (Å²) < 4.78 is 11.0. The highest BCUT2D eigenvalue weighted by molar-refractivity contribution is 6.36. The third kappa shape index (κ3) is 3.92. The first-order valence-corrected chi connectivity index (χ1v) is 11.4. The summed E-state index contributed by atoms with van der Waals surface area (Å²) in [4.78, 5) is 30.5. The average Bonchev–Trinajstić information content (AvgIpc) is 3.39. The molecule has 0 aliphatic carbocycles. The Morgan fingerprint density at radius 3 is 2.29 bits per heavy atom. The van der Waals surface area contributed by atoms with Crippen LogP contribution in [0, 0.1) is 6.92 Å². The molecule has 172 valence electrons. The molecule has 0 saturated carbocycles. The molecule has 2 amide bonds. The van der Waals surface area contributed by atoms with E-state index in [4.69, 9.17) is 9.47 Å². The lowest BCUT2D eigenvalue weighted by Crippen LogP contribution is -2.37. The molecule has 2 aliphatic rings. The van der Waals surface area contributed by atoms with Crippen LogP contribution < -0.4 is 14.4 Å². The predicted molar refractivity (Wildman–Crippen MR) is 131 cm³/mol. The van der Waals surface area contributed by atoms with Crippen LogP contribution in [0.4, 0.5) is 5.69 Å². The molecule has 2 heterocycles. The van der Waals surface area contributed by atoms with Gasteiger partial charge in [-0.1, -0.05) is 48.0 Å². The third-order valence-corrected chi connectivity index (χ3v) is 6.28. The first-order valence-electron chi connectivity index (χ1n) is 11.4. The summed E-state index contributed by atoms with van der Waals surface area (Å²) in [6, 6.07) is 23.0. The number of para-hydroxylation sites is 1. The van der Waals surface area contributed by atoms with Crippen molar-refractivity contribution in [3.05, 3.63) is 95.2 Å². The maximum atomic E-state index is 13.6. The first-order chi connectivity index (χ1) is 16.6. The number of nitrogens with zero attached hydrogens (tertiary/aromatic N) is 2. The van der Waals surface area contributed by atoms with Crippen molar-refractivity contribution in [2.75, 3.05) is 31.7 Å². The summed E-state index contributed by atoms with van der Waals surface area (Å²) in [5, 5.41) is 0. The number of hydrogen-bond acceptors (Lipinski definition) is 5. The molecular weight excluding hydrogens is 428 g/mol. The Balaban J connectivity index is 1.42. The molecule has 2 aliphatic heterocycles. The summed E-state index contributed by atoms with van der Waals surface area (Å²) in [7, 11) is 1.61. The van der Waals surface area contributed by atoms with Gasteiger partial charge in [0.25, 0.3) is 11.8 Å². The van der Waals surface area contributed by atoms with Crippen LogP contribution in [0.3, 0.4) is 0 Å². The molecule has 0 N–H and O–H groups in total. The minimum Gasteiger partial charge on any atom is -0.497 e. The van der Waals surface area contributed by atoms with E-state index in [1.165, 1.54) is 10.5 Å². The summed E-state index contributed by atoms with van der Waals surface area (Å²) in [6.07, 6.45) is 0.836. The van der Waals surface area contributed by atoms with Gasteiger partial charge >= 0.3 is 0 Å². The van der Waals surface area contributed by atoms with Crippen molar-refractivity contribution >= 4 is 23.1 Å². The van der Waals surface area contributed by atoms with Gasteiger partial charge in [0, 0.05) is 12.2 Å². The Bertz CT molecular complexity index is 1260. The fourth-order valence-corrected chi connectivity index (χ4v) is 4.49. The predicted octanol–water partition coefficient (Wildman–Crippen LogP) is 4.23. The number of rotatable bonds is 7. The van der Waals surface area contributed by atoms with Crippen molar-refractivity contribution in [2.24, 2.45) is 0 Å². The minimum absolute atomic E-state index is 0.165. The molecule has 0 fully saturated rings. The highest BCUT2D eigenvalue weighted by Gasteiger charge is 2.43. The Morgan fingerprint density at radius 2 is 1.56 bits per heavy atom. The maximum absolute atomic E-state index is 13.6. The molecule has 0 saturated heterocycles. The molecule has 0 unspecified atom stereocenters. The summed E-state index contributed by atoms with van der Waals surface area (Å²) in [5.74, 6) is 0.821. The van der Waals surface area contributed by atoms with Gasteiger partial charge in [-0.05, 0) is 54.8 Å². The zero-order valence-corrected chi connectivity index (χ0v) is 19.3. The second-order valence-corrected chi connectivity index (χ2v) is 8.41. The molecule has 6 heteroatoms. The van der Waals surface area contributed by atoms with Crippen molar-refractivity contribution in [1.82, 2.24) is 4.90 Å². The fraction of sp³-hybridized carbons (Fsp3) is 0.214. The Morgan fingerprint density at radius 1 is 0.853 bits per heavy atom. The second-order valence-electron chi connectivity index (χ2n) is 8.41. The Labute approximate surface area is 199 Å². The second kappa shape index (κ2) is 9.06. The van der Waals surface area contributed by atoms with Crippen LogP contribution in [0.2, 0.25) is 0 Å². The van der Waals surface area contributed by atoms with Gasteiger partial charge in [-0.15, -0.1) is 0 Å². The molecule has 0 aromatic heterocycles. The average molecular weight is 455 g/mol. The lowest BCUT2D eigenvalue weighted by atomic mass is 10.0. The van der Waals surface area contributed by atoms with E-state index in [-0.39, 0.29) is 25.0 Å². The number of benzene rings is 3. The van der Waals surface area contributed by atoms with Crippen molar-refractivity contribution in [3.63, 3.8) is 0 Å². The molecular formula is C28H26N2O4. The molecule has 3 aromatic rings. The van der Waals surface area contributed by atoms with Gasteiger partial charge in [0.15, 0.2) is 0 Å².